The summed E-state index contributed by atoms with van der Waals surface area (Å²) in [5.41, 5.74) is 1.79. The van der Waals surface area contributed by atoms with Gasteiger partial charge in [0.25, 0.3) is 5.91 Å². The monoisotopic (exact) mass is 429 g/mol. The molecule has 0 bridgehead atoms. The molecule has 0 spiro atoms. The van der Waals surface area contributed by atoms with Crippen molar-refractivity contribution < 1.29 is 9.53 Å². The number of carbonyl (C=O) groups is 1. The third-order valence-electron chi connectivity index (χ3n) is 4.71. The highest BCUT2D eigenvalue weighted by molar-refractivity contribution is 9.10. The predicted octanol–water partition coefficient (Wildman–Crippen LogP) is 3.71. The second-order valence-electron chi connectivity index (χ2n) is 6.65. The van der Waals surface area contributed by atoms with E-state index in [1.807, 2.05) is 17.0 Å². The lowest BCUT2D eigenvalue weighted by Crippen LogP contribution is -2.53. The number of hydrogen-bond donors (Lipinski definition) is 0. The molecular formula is C21H24BrN3O2. The summed E-state index contributed by atoms with van der Waals surface area (Å²) < 4.78 is 6.14. The second kappa shape index (κ2) is 9.15. The van der Waals surface area contributed by atoms with Crippen LogP contribution in [0, 0.1) is 0 Å². The number of carbonyl (C=O) groups excluding carboxylic acids is 1. The van der Waals surface area contributed by atoms with E-state index < -0.39 is 0 Å². The number of rotatable bonds is 5. The Labute approximate surface area is 168 Å². The molecule has 0 saturated carbocycles. The summed E-state index contributed by atoms with van der Waals surface area (Å²) in [4.78, 5) is 21.2. The average Bonchev–Trinajstić information content (AvgIpc) is 2.69. The highest BCUT2D eigenvalue weighted by Gasteiger charge is 2.27. The van der Waals surface area contributed by atoms with E-state index in [9.17, 15) is 4.79 Å². The fourth-order valence-corrected chi connectivity index (χ4v) is 3.47. The summed E-state index contributed by atoms with van der Waals surface area (Å²) in [6.45, 7) is 5.43. The molecular weight excluding hydrogens is 406 g/mol. The lowest BCUT2D eigenvalue weighted by atomic mass is 10.1. The van der Waals surface area contributed by atoms with Crippen LogP contribution in [0.1, 0.15) is 22.8 Å². The summed E-state index contributed by atoms with van der Waals surface area (Å²) in [7, 11) is 1.57. The minimum Gasteiger partial charge on any atom is -0.481 e. The van der Waals surface area contributed by atoms with Crippen molar-refractivity contribution in [1.29, 1.82) is 0 Å². The number of ether oxygens (including phenoxy) is 1. The van der Waals surface area contributed by atoms with Gasteiger partial charge < -0.3 is 9.64 Å². The lowest BCUT2D eigenvalue weighted by molar-refractivity contribution is 0.0510. The van der Waals surface area contributed by atoms with Gasteiger partial charge in [0.05, 0.1) is 12.7 Å². The van der Waals surface area contributed by atoms with E-state index in [2.05, 4.69) is 57.0 Å². The topological polar surface area (TPSA) is 45.7 Å². The summed E-state index contributed by atoms with van der Waals surface area (Å²) in [5.74, 6) is 0.546. The van der Waals surface area contributed by atoms with E-state index in [0.717, 1.165) is 30.7 Å². The van der Waals surface area contributed by atoms with E-state index in [4.69, 9.17) is 4.74 Å². The molecule has 1 aromatic heterocycles. The molecule has 6 heteroatoms. The number of pyridine rings is 1. The van der Waals surface area contributed by atoms with Crippen molar-refractivity contribution in [2.45, 2.75) is 13.0 Å². The van der Waals surface area contributed by atoms with Gasteiger partial charge in [0.2, 0.25) is 5.88 Å². The van der Waals surface area contributed by atoms with Crippen LogP contribution in [0.15, 0.2) is 53.1 Å². The number of piperazine rings is 1. The number of aromatic nitrogens is 1. The number of hydrogen-bond acceptors (Lipinski definition) is 4. The largest absolute Gasteiger partial charge is 0.481 e. The number of benzene rings is 1. The lowest BCUT2D eigenvalue weighted by Gasteiger charge is -2.39. The quantitative estimate of drug-likeness (QED) is 0.726. The van der Waals surface area contributed by atoms with Crippen molar-refractivity contribution in [3.05, 3.63) is 64.3 Å². The first kappa shape index (κ1) is 19.6. The van der Waals surface area contributed by atoms with E-state index in [0.29, 0.717) is 11.4 Å². The molecule has 0 aliphatic carbocycles. The first-order valence-corrected chi connectivity index (χ1v) is 9.81. The zero-order valence-electron chi connectivity index (χ0n) is 15.6. The van der Waals surface area contributed by atoms with Crippen LogP contribution in [0.4, 0.5) is 0 Å². The Morgan fingerprint density at radius 1 is 1.26 bits per heavy atom. The van der Waals surface area contributed by atoms with Crippen LogP contribution in [0.25, 0.3) is 6.08 Å². The minimum absolute atomic E-state index is 0.0303. The summed E-state index contributed by atoms with van der Waals surface area (Å²) in [6.07, 6.45) is 5.90. The van der Waals surface area contributed by atoms with Crippen LogP contribution < -0.4 is 4.74 Å². The van der Waals surface area contributed by atoms with Gasteiger partial charge in [-0.1, -0.05) is 40.2 Å². The molecule has 3 rings (SSSR count). The Kier molecular flexibility index (Phi) is 6.63. The summed E-state index contributed by atoms with van der Waals surface area (Å²) in [6, 6.07) is 11.9. The predicted molar refractivity (Wildman–Crippen MR) is 111 cm³/mol. The molecule has 1 unspecified atom stereocenters. The molecule has 142 valence electrons. The Bertz CT molecular complexity index is 790. The normalized spacial score (nSPS) is 18.0. The van der Waals surface area contributed by atoms with Gasteiger partial charge in [-0.2, -0.15) is 0 Å². The van der Waals surface area contributed by atoms with Crippen molar-refractivity contribution >= 4 is 27.9 Å². The molecule has 1 fully saturated rings. The summed E-state index contributed by atoms with van der Waals surface area (Å²) >= 11 is 3.45. The zero-order chi connectivity index (χ0) is 19.2. The van der Waals surface area contributed by atoms with Gasteiger partial charge >= 0.3 is 0 Å². The Morgan fingerprint density at radius 3 is 2.67 bits per heavy atom. The van der Waals surface area contributed by atoms with E-state index in [1.165, 1.54) is 5.56 Å². The zero-order valence-corrected chi connectivity index (χ0v) is 17.2. The van der Waals surface area contributed by atoms with Gasteiger partial charge in [0.15, 0.2) is 0 Å². The maximum Gasteiger partial charge on any atom is 0.255 e. The van der Waals surface area contributed by atoms with Crippen molar-refractivity contribution in [1.82, 2.24) is 14.8 Å². The van der Waals surface area contributed by atoms with Crippen molar-refractivity contribution in [2.24, 2.45) is 0 Å². The molecule has 1 saturated heterocycles. The standard InChI is InChI=1S/C21H24BrN3O2/c1-16-15-24(11-3-4-17-5-8-19(22)9-6-17)12-13-25(16)21(26)18-7-10-20(27-2)23-14-18/h3-10,14,16H,11-13,15H2,1-2H3/b4-3+. The molecule has 0 radical (unpaired) electrons. The second-order valence-corrected chi connectivity index (χ2v) is 7.57. The average molecular weight is 430 g/mol. The van der Waals surface area contributed by atoms with Crippen molar-refractivity contribution in [3.8, 4) is 5.88 Å². The Balaban J connectivity index is 1.53. The molecule has 1 aliphatic heterocycles. The summed E-state index contributed by atoms with van der Waals surface area (Å²) in [5, 5.41) is 0. The fourth-order valence-electron chi connectivity index (χ4n) is 3.21. The molecule has 1 amide bonds. The molecule has 2 aromatic rings. The van der Waals surface area contributed by atoms with E-state index in [-0.39, 0.29) is 11.9 Å². The fraction of sp³-hybridized carbons (Fsp3) is 0.333. The highest BCUT2D eigenvalue weighted by atomic mass is 79.9. The molecule has 1 aromatic carbocycles. The number of nitrogens with zero attached hydrogens (tertiary/aromatic N) is 3. The van der Waals surface area contributed by atoms with E-state index >= 15 is 0 Å². The maximum absolute atomic E-state index is 12.8. The van der Waals surface area contributed by atoms with Crippen LogP contribution in [0.2, 0.25) is 0 Å². The number of methoxy groups -OCH3 is 1. The van der Waals surface area contributed by atoms with Crippen LogP contribution in [-0.4, -0.2) is 60.0 Å². The van der Waals surface area contributed by atoms with Gasteiger partial charge in [-0.25, -0.2) is 4.98 Å². The maximum atomic E-state index is 12.8. The van der Waals surface area contributed by atoms with Crippen LogP contribution >= 0.6 is 15.9 Å². The van der Waals surface area contributed by atoms with Crippen molar-refractivity contribution in [2.75, 3.05) is 33.3 Å². The smallest absolute Gasteiger partial charge is 0.255 e. The third-order valence-corrected chi connectivity index (χ3v) is 5.24. The molecule has 27 heavy (non-hydrogen) atoms. The van der Waals surface area contributed by atoms with Gasteiger partial charge in [-0.05, 0) is 30.7 Å². The molecule has 1 atom stereocenters. The van der Waals surface area contributed by atoms with Gasteiger partial charge in [-0.15, -0.1) is 0 Å². The van der Waals surface area contributed by atoms with Crippen LogP contribution in [0.3, 0.4) is 0 Å². The van der Waals surface area contributed by atoms with Crippen molar-refractivity contribution in [3.63, 3.8) is 0 Å². The Hall–Kier alpha value is -2.18. The van der Waals surface area contributed by atoms with Gasteiger partial charge in [0.1, 0.15) is 0 Å². The molecule has 2 heterocycles. The minimum atomic E-state index is 0.0303. The Morgan fingerprint density at radius 2 is 2.04 bits per heavy atom. The van der Waals surface area contributed by atoms with Gasteiger partial charge in [0, 0.05) is 49.0 Å². The highest BCUT2D eigenvalue weighted by Crippen LogP contribution is 2.16. The molecule has 5 nitrogen and oxygen atoms in total. The first-order valence-electron chi connectivity index (χ1n) is 9.02. The molecule has 0 N–H and O–H groups in total. The first-order chi connectivity index (χ1) is 13.1. The SMILES string of the molecule is COc1ccc(C(=O)N2CCN(C/C=C/c3ccc(Br)cc3)CC2C)cn1. The van der Waals surface area contributed by atoms with Gasteiger partial charge in [-0.3, -0.25) is 9.69 Å². The van der Waals surface area contributed by atoms with E-state index in [1.54, 1.807) is 25.4 Å². The molecule has 1 aliphatic rings. The van der Waals surface area contributed by atoms with Crippen LogP contribution in [-0.2, 0) is 0 Å². The number of amides is 1. The third kappa shape index (κ3) is 5.17. The van der Waals surface area contributed by atoms with Crippen LogP contribution in [0.5, 0.6) is 5.88 Å². The number of halogens is 1.